The number of aromatic hydroxyl groups is 1. The van der Waals surface area contributed by atoms with Crippen molar-refractivity contribution in [3.8, 4) is 5.75 Å². The van der Waals surface area contributed by atoms with E-state index in [1.165, 1.54) is 0 Å². The Morgan fingerprint density at radius 2 is 1.85 bits per heavy atom. The number of benzene rings is 1. The molecule has 1 rings (SSSR count). The number of hydrogen-bond donors (Lipinski definition) is 2. The number of rotatable bonds is 2. The minimum atomic E-state index is -1.34. The second-order valence-corrected chi connectivity index (χ2v) is 2.55. The van der Waals surface area contributed by atoms with Gasteiger partial charge in [0.2, 0.25) is 0 Å². The van der Waals surface area contributed by atoms with Crippen LogP contribution in [0.3, 0.4) is 0 Å². The van der Waals surface area contributed by atoms with Gasteiger partial charge in [-0.15, -0.1) is 0 Å². The largest absolute Gasteiger partial charge is 0.505 e. The Balaban J connectivity index is 3.25. The number of halogens is 3. The van der Waals surface area contributed by atoms with Crippen molar-refractivity contribution in [3.63, 3.8) is 0 Å². The van der Waals surface area contributed by atoms with Crippen LogP contribution in [0.1, 0.15) is 11.6 Å². The maximum absolute atomic E-state index is 12.9. The lowest BCUT2D eigenvalue weighted by Gasteiger charge is -2.10. The first kappa shape index (κ1) is 9.85. The van der Waals surface area contributed by atoms with Crippen LogP contribution >= 0.6 is 0 Å². The third-order valence-corrected chi connectivity index (χ3v) is 1.65. The molecule has 0 aliphatic carbocycles. The van der Waals surface area contributed by atoms with Crippen LogP contribution in [0.4, 0.5) is 13.2 Å². The van der Waals surface area contributed by atoms with E-state index in [0.29, 0.717) is 0 Å². The van der Waals surface area contributed by atoms with E-state index < -0.39 is 35.7 Å². The summed E-state index contributed by atoms with van der Waals surface area (Å²) in [6.45, 7) is -1.06. The van der Waals surface area contributed by atoms with Crippen LogP contribution in [0.2, 0.25) is 0 Å². The van der Waals surface area contributed by atoms with Gasteiger partial charge < -0.3 is 10.8 Å². The summed E-state index contributed by atoms with van der Waals surface area (Å²) < 4.78 is 37.6. The lowest BCUT2D eigenvalue weighted by molar-refractivity contribution is 0.383. The van der Waals surface area contributed by atoms with E-state index >= 15 is 0 Å². The maximum Gasteiger partial charge on any atom is 0.165 e. The molecule has 0 fully saturated rings. The van der Waals surface area contributed by atoms with Crippen molar-refractivity contribution in [2.24, 2.45) is 5.73 Å². The number of phenols is 1. The van der Waals surface area contributed by atoms with Gasteiger partial charge in [-0.3, -0.25) is 0 Å². The normalized spacial score (nSPS) is 12.9. The first-order chi connectivity index (χ1) is 6.07. The van der Waals surface area contributed by atoms with E-state index in [0.717, 1.165) is 12.1 Å². The first-order valence-corrected chi connectivity index (χ1v) is 3.56. The van der Waals surface area contributed by atoms with Crippen molar-refractivity contribution >= 4 is 0 Å². The predicted octanol–water partition coefficient (Wildman–Crippen LogP) is 1.64. The van der Waals surface area contributed by atoms with Gasteiger partial charge in [0.05, 0.1) is 11.6 Å². The molecule has 0 radical (unpaired) electrons. The Hall–Kier alpha value is -1.23. The third kappa shape index (κ3) is 1.75. The van der Waals surface area contributed by atoms with Gasteiger partial charge in [0.15, 0.2) is 11.6 Å². The van der Waals surface area contributed by atoms with Gasteiger partial charge in [-0.05, 0) is 12.1 Å². The highest BCUT2D eigenvalue weighted by atomic mass is 19.1. The molecule has 5 heteroatoms. The van der Waals surface area contributed by atoms with Crippen molar-refractivity contribution in [1.29, 1.82) is 0 Å². The van der Waals surface area contributed by atoms with Gasteiger partial charge in [-0.25, -0.2) is 13.2 Å². The number of phenolic OH excluding ortho intramolecular Hbond substituents is 1. The topological polar surface area (TPSA) is 46.2 Å². The number of hydrogen-bond acceptors (Lipinski definition) is 2. The summed E-state index contributed by atoms with van der Waals surface area (Å²) in [7, 11) is 0. The first-order valence-electron chi connectivity index (χ1n) is 3.56. The van der Waals surface area contributed by atoms with Crippen molar-refractivity contribution in [2.75, 3.05) is 6.67 Å². The fourth-order valence-electron chi connectivity index (χ4n) is 0.987. The van der Waals surface area contributed by atoms with Crippen LogP contribution < -0.4 is 5.73 Å². The van der Waals surface area contributed by atoms with Gasteiger partial charge in [0.25, 0.3) is 0 Å². The lowest BCUT2D eigenvalue weighted by Crippen LogP contribution is -2.14. The van der Waals surface area contributed by atoms with Crippen LogP contribution in [0, 0.1) is 11.6 Å². The van der Waals surface area contributed by atoms with E-state index in [4.69, 9.17) is 10.8 Å². The molecule has 0 saturated heterocycles. The monoisotopic (exact) mass is 191 g/mol. The van der Waals surface area contributed by atoms with E-state index in [1.807, 2.05) is 0 Å². The predicted molar refractivity (Wildman–Crippen MR) is 40.9 cm³/mol. The van der Waals surface area contributed by atoms with Crippen LogP contribution in [0.25, 0.3) is 0 Å². The minimum absolute atomic E-state index is 0.525. The second-order valence-electron chi connectivity index (χ2n) is 2.55. The second kappa shape index (κ2) is 3.66. The highest BCUT2D eigenvalue weighted by Gasteiger charge is 2.18. The molecular weight excluding hydrogens is 183 g/mol. The van der Waals surface area contributed by atoms with E-state index in [2.05, 4.69) is 0 Å². The Morgan fingerprint density at radius 1 is 1.31 bits per heavy atom. The zero-order valence-electron chi connectivity index (χ0n) is 6.60. The molecule has 0 saturated carbocycles. The summed E-state index contributed by atoms with van der Waals surface area (Å²) in [5.74, 6) is -2.85. The van der Waals surface area contributed by atoms with Crippen molar-refractivity contribution in [2.45, 2.75) is 6.04 Å². The zero-order valence-corrected chi connectivity index (χ0v) is 6.60. The molecular formula is C8H8F3NO. The molecule has 72 valence electrons. The Labute approximate surface area is 72.8 Å². The molecule has 0 unspecified atom stereocenters. The van der Waals surface area contributed by atoms with Crippen molar-refractivity contribution in [1.82, 2.24) is 0 Å². The summed E-state index contributed by atoms with van der Waals surface area (Å²) in [6.07, 6.45) is 0. The molecule has 0 spiro atoms. The summed E-state index contributed by atoms with van der Waals surface area (Å²) in [5.41, 5.74) is 4.60. The van der Waals surface area contributed by atoms with Gasteiger partial charge in [0.1, 0.15) is 12.5 Å². The fourth-order valence-corrected chi connectivity index (χ4v) is 0.987. The summed E-state index contributed by atoms with van der Waals surface area (Å²) in [6, 6.07) is 0.203. The fraction of sp³-hybridized carbons (Fsp3) is 0.250. The Bertz CT molecular complexity index is 317. The molecule has 1 aromatic carbocycles. The molecule has 1 atom stereocenters. The molecule has 13 heavy (non-hydrogen) atoms. The van der Waals surface area contributed by atoms with Gasteiger partial charge in [0, 0.05) is 0 Å². The number of nitrogens with two attached hydrogens (primary N) is 1. The van der Waals surface area contributed by atoms with Crippen molar-refractivity contribution < 1.29 is 18.3 Å². The summed E-state index contributed by atoms with van der Waals surface area (Å²) >= 11 is 0. The highest BCUT2D eigenvalue weighted by Crippen LogP contribution is 2.28. The highest BCUT2D eigenvalue weighted by molar-refractivity contribution is 5.37. The lowest BCUT2D eigenvalue weighted by atomic mass is 10.1. The standard InChI is InChI=1S/C8H8F3NO/c9-3-6(12)7-4(10)1-2-5(11)8(7)13/h1-2,6,13H,3,12H2/t6-/m0/s1. The SMILES string of the molecule is N[C@@H](CF)c1c(F)ccc(F)c1O. The molecule has 0 amide bonds. The molecule has 0 heterocycles. The molecule has 0 aliphatic heterocycles. The average molecular weight is 191 g/mol. The van der Waals surface area contributed by atoms with Gasteiger partial charge >= 0.3 is 0 Å². The summed E-state index contributed by atoms with van der Waals surface area (Å²) in [4.78, 5) is 0. The van der Waals surface area contributed by atoms with E-state index in [1.54, 1.807) is 0 Å². The Kier molecular flexibility index (Phi) is 2.77. The quantitative estimate of drug-likeness (QED) is 0.746. The smallest absolute Gasteiger partial charge is 0.165 e. The summed E-state index contributed by atoms with van der Waals surface area (Å²) in [5, 5.41) is 9.02. The molecule has 0 aliphatic rings. The van der Waals surface area contributed by atoms with Crippen LogP contribution in [-0.4, -0.2) is 11.8 Å². The zero-order chi connectivity index (χ0) is 10.0. The molecule has 1 aromatic rings. The van der Waals surface area contributed by atoms with Crippen LogP contribution in [0.15, 0.2) is 12.1 Å². The average Bonchev–Trinajstić information content (AvgIpc) is 2.12. The maximum atomic E-state index is 12.9. The molecule has 3 N–H and O–H groups in total. The van der Waals surface area contributed by atoms with Crippen LogP contribution in [-0.2, 0) is 0 Å². The van der Waals surface area contributed by atoms with E-state index in [9.17, 15) is 13.2 Å². The molecule has 2 nitrogen and oxygen atoms in total. The van der Waals surface area contributed by atoms with Crippen molar-refractivity contribution in [3.05, 3.63) is 29.3 Å². The van der Waals surface area contributed by atoms with Gasteiger partial charge in [-0.2, -0.15) is 0 Å². The Morgan fingerprint density at radius 3 is 2.38 bits per heavy atom. The molecule has 0 aromatic heterocycles. The molecule has 0 bridgehead atoms. The van der Waals surface area contributed by atoms with Crippen LogP contribution in [0.5, 0.6) is 5.75 Å². The number of alkyl halides is 1. The minimum Gasteiger partial charge on any atom is -0.505 e. The third-order valence-electron chi connectivity index (χ3n) is 1.65. The van der Waals surface area contributed by atoms with Gasteiger partial charge in [-0.1, -0.05) is 0 Å². The van der Waals surface area contributed by atoms with E-state index in [-0.39, 0.29) is 0 Å².